The van der Waals surface area contributed by atoms with Gasteiger partial charge in [-0.2, -0.15) is 0 Å². The van der Waals surface area contributed by atoms with Crippen molar-refractivity contribution in [3.63, 3.8) is 0 Å². The molecule has 0 aliphatic carbocycles. The fourth-order valence-electron chi connectivity index (χ4n) is 1.74. The first kappa shape index (κ1) is 12.6. The molecule has 0 saturated carbocycles. The van der Waals surface area contributed by atoms with Crippen LogP contribution in [0.4, 0.5) is 5.69 Å². The molecular weight excluding hydrogens is 373 g/mol. The van der Waals surface area contributed by atoms with Crippen LogP contribution in [0.1, 0.15) is 5.69 Å². The van der Waals surface area contributed by atoms with Gasteiger partial charge in [0.1, 0.15) is 0 Å². The molecule has 0 atom stereocenters. The van der Waals surface area contributed by atoms with E-state index in [-0.39, 0.29) is 5.56 Å². The predicted octanol–water partition coefficient (Wildman–Crippen LogP) is 2.97. The van der Waals surface area contributed by atoms with Crippen LogP contribution in [-0.4, -0.2) is 9.38 Å². The number of fused-ring (bicyclic) bond motifs is 1. The summed E-state index contributed by atoms with van der Waals surface area (Å²) in [4.78, 5) is 17.0. The molecule has 0 radical (unpaired) electrons. The van der Waals surface area contributed by atoms with E-state index < -0.39 is 0 Å². The normalized spacial score (nSPS) is 10.8. The lowest BCUT2D eigenvalue weighted by Gasteiger charge is -2.06. The van der Waals surface area contributed by atoms with E-state index in [9.17, 15) is 4.79 Å². The lowest BCUT2D eigenvalue weighted by atomic mass is 10.3. The molecule has 0 fully saturated rings. The predicted molar refractivity (Wildman–Crippen MR) is 85.8 cm³/mol. The van der Waals surface area contributed by atoms with Crippen LogP contribution in [0.3, 0.4) is 0 Å². The summed E-state index contributed by atoms with van der Waals surface area (Å²) in [5.74, 6) is 0. The Kier molecular flexibility index (Phi) is 3.52. The Morgan fingerprint density at radius 2 is 2.11 bits per heavy atom. The van der Waals surface area contributed by atoms with Gasteiger partial charge in [-0.25, -0.2) is 4.98 Å². The first-order chi connectivity index (χ1) is 9.22. The van der Waals surface area contributed by atoms with Crippen molar-refractivity contribution < 1.29 is 0 Å². The van der Waals surface area contributed by atoms with Crippen molar-refractivity contribution in [3.05, 3.63) is 61.5 Å². The summed E-state index contributed by atoms with van der Waals surface area (Å²) in [6, 6.07) is 9.66. The number of rotatable bonds is 3. The van der Waals surface area contributed by atoms with Crippen LogP contribution in [0.5, 0.6) is 0 Å². The fourth-order valence-corrected chi connectivity index (χ4v) is 2.84. The van der Waals surface area contributed by atoms with E-state index in [0.717, 1.165) is 16.3 Å². The largest absolute Gasteiger partial charge is 0.379 e. The zero-order valence-corrected chi connectivity index (χ0v) is 12.8. The highest BCUT2D eigenvalue weighted by molar-refractivity contribution is 14.1. The number of benzene rings is 1. The van der Waals surface area contributed by atoms with Gasteiger partial charge in [0.15, 0.2) is 4.96 Å². The third-order valence-electron chi connectivity index (χ3n) is 2.67. The minimum Gasteiger partial charge on any atom is -0.379 e. The minimum atomic E-state index is -0.0364. The van der Waals surface area contributed by atoms with Gasteiger partial charge in [-0.3, -0.25) is 9.20 Å². The second-order valence-corrected chi connectivity index (χ2v) is 6.12. The molecule has 1 aromatic carbocycles. The first-order valence-electron chi connectivity index (χ1n) is 5.67. The van der Waals surface area contributed by atoms with Crippen molar-refractivity contribution in [1.82, 2.24) is 9.38 Å². The molecule has 2 aromatic heterocycles. The highest BCUT2D eigenvalue weighted by atomic mass is 127. The van der Waals surface area contributed by atoms with Crippen LogP contribution < -0.4 is 10.9 Å². The Labute approximate surface area is 127 Å². The van der Waals surface area contributed by atoms with E-state index in [2.05, 4.69) is 32.9 Å². The van der Waals surface area contributed by atoms with Gasteiger partial charge in [0.2, 0.25) is 0 Å². The summed E-state index contributed by atoms with van der Waals surface area (Å²) in [6.07, 6.45) is 1.74. The Morgan fingerprint density at radius 1 is 1.32 bits per heavy atom. The summed E-state index contributed by atoms with van der Waals surface area (Å²) >= 11 is 3.73. The van der Waals surface area contributed by atoms with Crippen molar-refractivity contribution >= 4 is 44.6 Å². The maximum absolute atomic E-state index is 11.8. The number of hydrogen-bond acceptors (Lipinski definition) is 4. The van der Waals surface area contributed by atoms with Gasteiger partial charge in [-0.05, 0) is 46.9 Å². The van der Waals surface area contributed by atoms with Gasteiger partial charge in [-0.1, -0.05) is 0 Å². The van der Waals surface area contributed by atoms with Gasteiger partial charge in [0.05, 0.1) is 12.2 Å². The van der Waals surface area contributed by atoms with E-state index in [1.165, 1.54) is 14.9 Å². The van der Waals surface area contributed by atoms with Crippen molar-refractivity contribution in [2.75, 3.05) is 5.32 Å². The number of nitrogens with zero attached hydrogens (tertiary/aromatic N) is 2. The molecule has 6 heteroatoms. The topological polar surface area (TPSA) is 46.4 Å². The molecule has 3 aromatic rings. The SMILES string of the molecule is O=c1cc(CNc2ccc(I)cc2)nc2sccn12. The van der Waals surface area contributed by atoms with Crippen LogP contribution >= 0.6 is 33.9 Å². The Bertz CT molecular complexity index is 763. The summed E-state index contributed by atoms with van der Waals surface area (Å²) in [7, 11) is 0. The smallest absolute Gasteiger partial charge is 0.258 e. The van der Waals surface area contributed by atoms with Crippen molar-refractivity contribution in [2.24, 2.45) is 0 Å². The highest BCUT2D eigenvalue weighted by Gasteiger charge is 2.03. The molecule has 2 heterocycles. The van der Waals surface area contributed by atoms with Crippen LogP contribution in [0.25, 0.3) is 4.96 Å². The molecule has 0 bridgehead atoms. The van der Waals surface area contributed by atoms with E-state index in [0.29, 0.717) is 6.54 Å². The van der Waals surface area contributed by atoms with E-state index in [4.69, 9.17) is 0 Å². The monoisotopic (exact) mass is 383 g/mol. The fraction of sp³-hybridized carbons (Fsp3) is 0.0769. The Balaban J connectivity index is 1.81. The third-order valence-corrected chi connectivity index (χ3v) is 4.15. The molecule has 4 nitrogen and oxygen atoms in total. The summed E-state index contributed by atoms with van der Waals surface area (Å²) in [6.45, 7) is 0.546. The minimum absolute atomic E-state index is 0.0364. The lowest BCUT2D eigenvalue weighted by molar-refractivity contribution is 0.990. The molecule has 0 spiro atoms. The summed E-state index contributed by atoms with van der Waals surface area (Å²) in [5, 5.41) is 5.12. The average molecular weight is 383 g/mol. The molecule has 3 rings (SSSR count). The van der Waals surface area contributed by atoms with Crippen molar-refractivity contribution in [1.29, 1.82) is 0 Å². The Morgan fingerprint density at radius 3 is 2.89 bits per heavy atom. The molecule has 19 heavy (non-hydrogen) atoms. The molecule has 0 unspecified atom stereocenters. The molecule has 0 saturated heterocycles. The maximum atomic E-state index is 11.8. The number of aromatic nitrogens is 2. The number of anilines is 1. The molecule has 1 N–H and O–H groups in total. The average Bonchev–Trinajstić information content (AvgIpc) is 2.87. The molecule has 0 amide bonds. The second-order valence-electron chi connectivity index (χ2n) is 4.00. The number of thiazole rings is 1. The molecule has 96 valence electrons. The van der Waals surface area contributed by atoms with Crippen LogP contribution in [-0.2, 0) is 6.54 Å². The Hall–Kier alpha value is -1.41. The quantitative estimate of drug-likeness (QED) is 0.708. The summed E-state index contributed by atoms with van der Waals surface area (Å²) < 4.78 is 2.75. The first-order valence-corrected chi connectivity index (χ1v) is 7.63. The van der Waals surface area contributed by atoms with Crippen LogP contribution in [0, 0.1) is 3.57 Å². The number of nitrogens with one attached hydrogen (secondary N) is 1. The number of hydrogen-bond donors (Lipinski definition) is 1. The third kappa shape index (κ3) is 2.79. The molecule has 0 aliphatic heterocycles. The van der Waals surface area contributed by atoms with Crippen LogP contribution in [0.15, 0.2) is 46.7 Å². The molecule has 0 aliphatic rings. The van der Waals surface area contributed by atoms with E-state index >= 15 is 0 Å². The van der Waals surface area contributed by atoms with Gasteiger partial charge < -0.3 is 5.32 Å². The summed E-state index contributed by atoms with van der Waals surface area (Å²) in [5.41, 5.74) is 1.74. The number of halogens is 1. The second kappa shape index (κ2) is 5.30. The highest BCUT2D eigenvalue weighted by Crippen LogP contribution is 2.12. The molecular formula is C13H10IN3OS. The zero-order valence-electron chi connectivity index (χ0n) is 9.84. The maximum Gasteiger partial charge on any atom is 0.258 e. The lowest BCUT2D eigenvalue weighted by Crippen LogP contribution is -2.14. The van der Waals surface area contributed by atoms with Gasteiger partial charge >= 0.3 is 0 Å². The van der Waals surface area contributed by atoms with Gasteiger partial charge in [0, 0.05) is 26.9 Å². The van der Waals surface area contributed by atoms with Crippen LogP contribution in [0.2, 0.25) is 0 Å². The van der Waals surface area contributed by atoms with Crippen molar-refractivity contribution in [3.8, 4) is 0 Å². The standard InChI is InChI=1S/C13H10IN3OS/c14-9-1-3-10(4-2-9)15-8-11-7-12(18)17-5-6-19-13(17)16-11/h1-7,15H,8H2. The van der Waals surface area contributed by atoms with Crippen molar-refractivity contribution in [2.45, 2.75) is 6.54 Å². The van der Waals surface area contributed by atoms with Gasteiger partial charge in [-0.15, -0.1) is 11.3 Å². The zero-order chi connectivity index (χ0) is 13.2. The van der Waals surface area contributed by atoms with Gasteiger partial charge in [0.25, 0.3) is 5.56 Å². The van der Waals surface area contributed by atoms with E-state index in [1.54, 1.807) is 16.7 Å². The van der Waals surface area contributed by atoms with E-state index in [1.807, 2.05) is 29.6 Å².